The van der Waals surface area contributed by atoms with E-state index in [0.29, 0.717) is 23.2 Å². The molecule has 1 saturated heterocycles. The van der Waals surface area contributed by atoms with Crippen LogP contribution in [0.15, 0.2) is 18.2 Å². The number of hydrogen-bond donors (Lipinski definition) is 1. The smallest absolute Gasteiger partial charge is 0.129 e. The van der Waals surface area contributed by atoms with Crippen LogP contribution in [0.5, 0.6) is 0 Å². The molecule has 1 fully saturated rings. The van der Waals surface area contributed by atoms with Gasteiger partial charge in [-0.15, -0.1) is 0 Å². The first-order chi connectivity index (χ1) is 8.66. The van der Waals surface area contributed by atoms with Gasteiger partial charge in [-0.2, -0.15) is 0 Å². The first kappa shape index (κ1) is 13.8. The number of halogens is 2. The Hall–Kier alpha value is -0.640. The summed E-state index contributed by atoms with van der Waals surface area (Å²) in [6.07, 6.45) is 3.82. The topological polar surface area (TPSA) is 15.3 Å². The molecule has 1 unspecified atom stereocenters. The number of rotatable bonds is 4. The lowest BCUT2D eigenvalue weighted by Crippen LogP contribution is -2.42. The second kappa shape index (κ2) is 6.50. The molecule has 4 heteroatoms. The standard InChI is InChI=1S/C14H20ClFN2/c1-18-7-3-2-4-13(18)10-17-9-11-5-6-12(15)8-14(11)16/h5-6,8,13,17H,2-4,7,9-10H2,1H3. The van der Waals surface area contributed by atoms with E-state index in [1.807, 2.05) is 0 Å². The molecule has 0 saturated carbocycles. The lowest BCUT2D eigenvalue weighted by Gasteiger charge is -2.32. The molecule has 1 aromatic carbocycles. The molecule has 18 heavy (non-hydrogen) atoms. The zero-order valence-corrected chi connectivity index (χ0v) is 11.5. The molecule has 2 nitrogen and oxygen atoms in total. The summed E-state index contributed by atoms with van der Waals surface area (Å²) in [5, 5.41) is 3.78. The molecule has 1 heterocycles. The lowest BCUT2D eigenvalue weighted by molar-refractivity contribution is 0.181. The highest BCUT2D eigenvalue weighted by atomic mass is 35.5. The van der Waals surface area contributed by atoms with Crippen LogP contribution in [-0.4, -0.2) is 31.1 Å². The van der Waals surface area contributed by atoms with Gasteiger partial charge in [0.2, 0.25) is 0 Å². The molecule has 0 radical (unpaired) electrons. The number of likely N-dealkylation sites (tertiary alicyclic amines) is 1. The normalized spacial score (nSPS) is 21.2. The molecule has 1 aliphatic rings. The largest absolute Gasteiger partial charge is 0.311 e. The van der Waals surface area contributed by atoms with E-state index in [-0.39, 0.29) is 5.82 Å². The van der Waals surface area contributed by atoms with Gasteiger partial charge >= 0.3 is 0 Å². The Morgan fingerprint density at radius 2 is 2.28 bits per heavy atom. The third kappa shape index (κ3) is 3.67. The van der Waals surface area contributed by atoms with Gasteiger partial charge < -0.3 is 10.2 Å². The summed E-state index contributed by atoms with van der Waals surface area (Å²) in [6.45, 7) is 2.65. The molecule has 0 spiro atoms. The minimum atomic E-state index is -0.230. The van der Waals surface area contributed by atoms with Gasteiger partial charge in [-0.25, -0.2) is 4.39 Å². The number of benzene rings is 1. The first-order valence-electron chi connectivity index (χ1n) is 6.51. The average Bonchev–Trinajstić information content (AvgIpc) is 2.34. The Morgan fingerprint density at radius 1 is 1.44 bits per heavy atom. The Kier molecular flexibility index (Phi) is 4.98. The first-order valence-corrected chi connectivity index (χ1v) is 6.89. The molecular formula is C14H20ClFN2. The van der Waals surface area contributed by atoms with Crippen LogP contribution in [0.3, 0.4) is 0 Å². The van der Waals surface area contributed by atoms with Crippen molar-refractivity contribution in [2.75, 3.05) is 20.1 Å². The molecule has 2 rings (SSSR count). The summed E-state index contributed by atoms with van der Waals surface area (Å²) in [5.41, 5.74) is 0.679. The van der Waals surface area contributed by atoms with Crippen LogP contribution in [0.25, 0.3) is 0 Å². The Balaban J connectivity index is 1.81. The molecule has 1 N–H and O–H groups in total. The maximum Gasteiger partial charge on any atom is 0.129 e. The molecule has 1 aliphatic heterocycles. The van der Waals surface area contributed by atoms with Crippen LogP contribution in [0.2, 0.25) is 5.02 Å². The predicted octanol–water partition coefficient (Wildman–Crippen LogP) is 3.05. The fraction of sp³-hybridized carbons (Fsp3) is 0.571. The molecule has 1 atom stereocenters. The van der Waals surface area contributed by atoms with Crippen molar-refractivity contribution in [3.05, 3.63) is 34.6 Å². The van der Waals surface area contributed by atoms with E-state index < -0.39 is 0 Å². The molecule has 1 aromatic rings. The predicted molar refractivity (Wildman–Crippen MR) is 73.4 cm³/mol. The second-order valence-corrected chi connectivity index (χ2v) is 5.43. The second-order valence-electron chi connectivity index (χ2n) is 5.00. The molecule has 100 valence electrons. The summed E-state index contributed by atoms with van der Waals surface area (Å²) < 4.78 is 13.6. The fourth-order valence-electron chi connectivity index (χ4n) is 2.44. The monoisotopic (exact) mass is 270 g/mol. The lowest BCUT2D eigenvalue weighted by atomic mass is 10.0. The third-order valence-corrected chi connectivity index (χ3v) is 3.87. The van der Waals surface area contributed by atoms with Gasteiger partial charge in [0.1, 0.15) is 5.82 Å². The SMILES string of the molecule is CN1CCCCC1CNCc1ccc(Cl)cc1F. The van der Waals surface area contributed by atoms with Crippen molar-refractivity contribution in [3.63, 3.8) is 0 Å². The van der Waals surface area contributed by atoms with Gasteiger partial charge in [-0.05, 0) is 38.6 Å². The maximum atomic E-state index is 13.6. The quantitative estimate of drug-likeness (QED) is 0.905. The Bertz CT molecular complexity index is 397. The van der Waals surface area contributed by atoms with Crippen LogP contribution in [-0.2, 0) is 6.54 Å². The number of likely N-dealkylation sites (N-methyl/N-ethyl adjacent to an activating group) is 1. The van der Waals surface area contributed by atoms with Crippen molar-refractivity contribution in [1.82, 2.24) is 10.2 Å². The van der Waals surface area contributed by atoms with Crippen LogP contribution < -0.4 is 5.32 Å². The summed E-state index contributed by atoms with van der Waals surface area (Å²) in [7, 11) is 2.16. The molecule has 0 amide bonds. The highest BCUT2D eigenvalue weighted by Gasteiger charge is 2.18. The summed E-state index contributed by atoms with van der Waals surface area (Å²) in [5.74, 6) is -0.230. The number of piperidine rings is 1. The van der Waals surface area contributed by atoms with E-state index in [4.69, 9.17) is 11.6 Å². The zero-order chi connectivity index (χ0) is 13.0. The third-order valence-electron chi connectivity index (χ3n) is 3.63. The van der Waals surface area contributed by atoms with Gasteiger partial charge in [-0.1, -0.05) is 24.1 Å². The van der Waals surface area contributed by atoms with Crippen molar-refractivity contribution in [2.45, 2.75) is 31.8 Å². The van der Waals surface area contributed by atoms with Crippen molar-refractivity contribution in [1.29, 1.82) is 0 Å². The average molecular weight is 271 g/mol. The molecule has 0 aromatic heterocycles. The molecule has 0 aliphatic carbocycles. The number of nitrogens with one attached hydrogen (secondary N) is 1. The van der Waals surface area contributed by atoms with E-state index in [2.05, 4.69) is 17.3 Å². The van der Waals surface area contributed by atoms with Gasteiger partial charge in [0, 0.05) is 29.7 Å². The van der Waals surface area contributed by atoms with Crippen LogP contribution >= 0.6 is 11.6 Å². The fourth-order valence-corrected chi connectivity index (χ4v) is 2.60. The highest BCUT2D eigenvalue weighted by Crippen LogP contribution is 2.16. The minimum Gasteiger partial charge on any atom is -0.311 e. The van der Waals surface area contributed by atoms with Gasteiger partial charge in [0.25, 0.3) is 0 Å². The van der Waals surface area contributed by atoms with Crippen LogP contribution in [0.4, 0.5) is 4.39 Å². The van der Waals surface area contributed by atoms with Crippen molar-refractivity contribution in [3.8, 4) is 0 Å². The Labute approximate surface area is 113 Å². The van der Waals surface area contributed by atoms with E-state index >= 15 is 0 Å². The highest BCUT2D eigenvalue weighted by molar-refractivity contribution is 6.30. The number of hydrogen-bond acceptors (Lipinski definition) is 2. The van der Waals surface area contributed by atoms with Gasteiger partial charge in [-0.3, -0.25) is 0 Å². The summed E-state index contributed by atoms with van der Waals surface area (Å²) in [6, 6.07) is 5.42. The van der Waals surface area contributed by atoms with E-state index in [0.717, 1.165) is 6.54 Å². The summed E-state index contributed by atoms with van der Waals surface area (Å²) in [4.78, 5) is 2.38. The van der Waals surface area contributed by atoms with Crippen molar-refractivity contribution >= 4 is 11.6 Å². The molecule has 0 bridgehead atoms. The Morgan fingerprint density at radius 3 is 3.00 bits per heavy atom. The maximum absolute atomic E-state index is 13.6. The van der Waals surface area contributed by atoms with E-state index in [1.54, 1.807) is 12.1 Å². The van der Waals surface area contributed by atoms with Crippen LogP contribution in [0.1, 0.15) is 24.8 Å². The summed E-state index contributed by atoms with van der Waals surface area (Å²) >= 11 is 5.72. The van der Waals surface area contributed by atoms with Gasteiger partial charge in [0.05, 0.1) is 0 Å². The molecular weight excluding hydrogens is 251 g/mol. The van der Waals surface area contributed by atoms with E-state index in [1.165, 1.54) is 31.9 Å². The number of nitrogens with zero attached hydrogens (tertiary/aromatic N) is 1. The van der Waals surface area contributed by atoms with Crippen LogP contribution in [0, 0.1) is 5.82 Å². The minimum absolute atomic E-state index is 0.230. The zero-order valence-electron chi connectivity index (χ0n) is 10.8. The van der Waals surface area contributed by atoms with Crippen molar-refractivity contribution < 1.29 is 4.39 Å². The van der Waals surface area contributed by atoms with Crippen molar-refractivity contribution in [2.24, 2.45) is 0 Å². The van der Waals surface area contributed by atoms with E-state index in [9.17, 15) is 4.39 Å². The van der Waals surface area contributed by atoms with Gasteiger partial charge in [0.15, 0.2) is 0 Å².